The van der Waals surface area contributed by atoms with E-state index in [0.29, 0.717) is 38.7 Å². The zero-order chi connectivity index (χ0) is 22.7. The molecular formula is C24H22N2O5S. The summed E-state index contributed by atoms with van der Waals surface area (Å²) in [6.07, 6.45) is 4.97. The smallest absolute Gasteiger partial charge is 0.338 e. The van der Waals surface area contributed by atoms with Gasteiger partial charge in [0.15, 0.2) is 4.80 Å². The van der Waals surface area contributed by atoms with Crippen LogP contribution in [0.3, 0.4) is 0 Å². The predicted molar refractivity (Wildman–Crippen MR) is 121 cm³/mol. The molecule has 3 aromatic rings. The number of benzene rings is 1. The summed E-state index contributed by atoms with van der Waals surface area (Å²) < 4.78 is 18.4. The highest BCUT2D eigenvalue weighted by molar-refractivity contribution is 7.07. The molecule has 164 valence electrons. The Morgan fingerprint density at radius 2 is 2.19 bits per heavy atom. The highest BCUT2D eigenvalue weighted by Gasteiger charge is 2.34. The van der Waals surface area contributed by atoms with Crippen molar-refractivity contribution in [2.24, 2.45) is 4.99 Å². The van der Waals surface area contributed by atoms with Gasteiger partial charge in [0.05, 0.1) is 28.7 Å². The van der Waals surface area contributed by atoms with E-state index in [1.807, 2.05) is 24.3 Å². The van der Waals surface area contributed by atoms with Crippen molar-refractivity contribution in [3.63, 3.8) is 0 Å². The standard InChI is InChI=1S/C24H22N2O5S/c1-4-11-30-17-9-6-8-16(13-17)14-19-22(27)26-21(18-10-7-12-31-18)20(23(28)29-5-2)15(3)25-24(26)32-19/h4,6-10,12-14,21H,1,5,11H2,2-3H3/b19-14-. The van der Waals surface area contributed by atoms with Crippen LogP contribution in [0.1, 0.15) is 31.2 Å². The average Bonchev–Trinajstić information content (AvgIpc) is 3.41. The number of carbonyl (C=O) groups excluding carboxylic acids is 1. The molecule has 4 rings (SSSR count). The van der Waals surface area contributed by atoms with Crippen molar-refractivity contribution >= 4 is 23.4 Å². The number of nitrogens with zero attached hydrogens (tertiary/aromatic N) is 2. The van der Waals surface area contributed by atoms with Crippen LogP contribution in [-0.4, -0.2) is 23.8 Å². The maximum Gasteiger partial charge on any atom is 0.338 e. The van der Waals surface area contributed by atoms with Crippen molar-refractivity contribution < 1.29 is 18.7 Å². The Morgan fingerprint density at radius 3 is 2.91 bits per heavy atom. The van der Waals surface area contributed by atoms with Crippen molar-refractivity contribution in [2.45, 2.75) is 19.9 Å². The Balaban J connectivity index is 1.86. The molecule has 0 radical (unpaired) electrons. The second-order valence-corrected chi connectivity index (χ2v) is 8.00. The average molecular weight is 451 g/mol. The number of ether oxygens (including phenoxy) is 2. The largest absolute Gasteiger partial charge is 0.490 e. The van der Waals surface area contributed by atoms with E-state index < -0.39 is 12.0 Å². The molecule has 3 heterocycles. The first kappa shape index (κ1) is 21.6. The van der Waals surface area contributed by atoms with E-state index >= 15 is 0 Å². The van der Waals surface area contributed by atoms with Gasteiger partial charge in [0, 0.05) is 0 Å². The molecule has 0 amide bonds. The van der Waals surface area contributed by atoms with Gasteiger partial charge in [-0.25, -0.2) is 9.79 Å². The summed E-state index contributed by atoms with van der Waals surface area (Å²) in [5.74, 6) is 0.631. The van der Waals surface area contributed by atoms with E-state index in [2.05, 4.69) is 11.6 Å². The van der Waals surface area contributed by atoms with E-state index in [0.717, 1.165) is 5.56 Å². The highest BCUT2D eigenvalue weighted by atomic mass is 32.1. The molecule has 1 aliphatic heterocycles. The molecule has 1 atom stereocenters. The quantitative estimate of drug-likeness (QED) is 0.408. The third-order valence-corrected chi connectivity index (χ3v) is 5.84. The minimum absolute atomic E-state index is 0.217. The number of carbonyl (C=O) groups is 1. The van der Waals surface area contributed by atoms with Crippen LogP contribution in [0.4, 0.5) is 0 Å². The van der Waals surface area contributed by atoms with E-state index in [9.17, 15) is 9.59 Å². The normalized spacial score (nSPS) is 15.8. The molecule has 7 nitrogen and oxygen atoms in total. The number of rotatable bonds is 7. The molecule has 0 spiro atoms. The molecule has 0 N–H and O–H groups in total. The van der Waals surface area contributed by atoms with Crippen LogP contribution in [0.15, 0.2) is 80.8 Å². The number of furan rings is 1. The third-order valence-electron chi connectivity index (χ3n) is 4.85. The molecule has 0 saturated carbocycles. The van der Waals surface area contributed by atoms with Crippen LogP contribution in [-0.2, 0) is 9.53 Å². The fourth-order valence-corrected chi connectivity index (χ4v) is 4.55. The van der Waals surface area contributed by atoms with Crippen molar-refractivity contribution in [3.8, 4) is 5.75 Å². The number of thiazole rings is 1. The molecule has 0 fully saturated rings. The van der Waals surface area contributed by atoms with Gasteiger partial charge in [-0.15, -0.1) is 0 Å². The molecule has 8 heteroatoms. The van der Waals surface area contributed by atoms with Gasteiger partial charge in [0.1, 0.15) is 24.2 Å². The number of hydrogen-bond acceptors (Lipinski definition) is 7. The van der Waals surface area contributed by atoms with Gasteiger partial charge in [-0.05, 0) is 49.8 Å². The summed E-state index contributed by atoms with van der Waals surface area (Å²) in [5.41, 5.74) is 1.34. The first-order valence-corrected chi connectivity index (χ1v) is 10.9. The minimum atomic E-state index is -0.746. The summed E-state index contributed by atoms with van der Waals surface area (Å²) in [7, 11) is 0. The molecule has 0 aliphatic carbocycles. The topological polar surface area (TPSA) is 83.0 Å². The number of aromatic nitrogens is 1. The van der Waals surface area contributed by atoms with Crippen molar-refractivity contribution in [3.05, 3.63) is 97.6 Å². The lowest BCUT2D eigenvalue weighted by Crippen LogP contribution is -2.39. The highest BCUT2D eigenvalue weighted by Crippen LogP contribution is 2.30. The zero-order valence-corrected chi connectivity index (χ0v) is 18.6. The second-order valence-electron chi connectivity index (χ2n) is 6.99. The van der Waals surface area contributed by atoms with Crippen molar-refractivity contribution in [1.29, 1.82) is 0 Å². The third kappa shape index (κ3) is 4.09. The molecule has 32 heavy (non-hydrogen) atoms. The van der Waals surface area contributed by atoms with Crippen molar-refractivity contribution in [1.82, 2.24) is 4.57 Å². The first-order chi connectivity index (χ1) is 15.5. The molecule has 1 aromatic carbocycles. The molecule has 1 unspecified atom stereocenters. The van der Waals surface area contributed by atoms with E-state index in [1.54, 1.807) is 38.1 Å². The Bertz CT molecular complexity index is 1360. The lowest BCUT2D eigenvalue weighted by Gasteiger charge is -2.22. The monoisotopic (exact) mass is 450 g/mol. The first-order valence-electron chi connectivity index (χ1n) is 10.1. The summed E-state index contributed by atoms with van der Waals surface area (Å²) in [6.45, 7) is 7.73. The molecular weight excluding hydrogens is 428 g/mol. The number of esters is 1. The number of hydrogen-bond donors (Lipinski definition) is 0. The Kier molecular flexibility index (Phi) is 6.23. The minimum Gasteiger partial charge on any atom is -0.490 e. The van der Waals surface area contributed by atoms with Gasteiger partial charge in [0.2, 0.25) is 0 Å². The van der Waals surface area contributed by atoms with Crippen molar-refractivity contribution in [2.75, 3.05) is 13.2 Å². The van der Waals surface area contributed by atoms with Gasteiger partial charge in [-0.2, -0.15) is 0 Å². The Hall–Kier alpha value is -3.65. The summed E-state index contributed by atoms with van der Waals surface area (Å²) in [6, 6.07) is 10.1. The van der Waals surface area contributed by atoms with Gasteiger partial charge < -0.3 is 13.9 Å². The number of fused-ring (bicyclic) bond motifs is 1. The zero-order valence-electron chi connectivity index (χ0n) is 17.7. The summed E-state index contributed by atoms with van der Waals surface area (Å²) in [4.78, 5) is 31.2. The van der Waals surface area contributed by atoms with Crippen LogP contribution < -0.4 is 19.6 Å². The Morgan fingerprint density at radius 1 is 1.34 bits per heavy atom. The number of allylic oxidation sites excluding steroid dienone is 1. The SMILES string of the molecule is C=CCOc1cccc(/C=c2\sc3n(c2=O)C(c2ccco2)C(C(=O)OCC)=C(C)N=3)c1. The molecule has 0 bridgehead atoms. The van der Waals surface area contributed by atoms with E-state index in [1.165, 1.54) is 22.2 Å². The fraction of sp³-hybridized carbons (Fsp3) is 0.208. The van der Waals surface area contributed by atoms with Crippen LogP contribution in [0.2, 0.25) is 0 Å². The van der Waals surface area contributed by atoms with Crippen LogP contribution in [0, 0.1) is 0 Å². The lowest BCUT2D eigenvalue weighted by atomic mass is 10.0. The predicted octanol–water partition coefficient (Wildman–Crippen LogP) is 2.96. The molecule has 2 aromatic heterocycles. The fourth-order valence-electron chi connectivity index (χ4n) is 3.51. The van der Waals surface area contributed by atoms with E-state index in [-0.39, 0.29) is 12.2 Å². The van der Waals surface area contributed by atoms with E-state index in [4.69, 9.17) is 13.9 Å². The van der Waals surface area contributed by atoms with Crippen LogP contribution in [0.5, 0.6) is 5.75 Å². The van der Waals surface area contributed by atoms with Gasteiger partial charge in [-0.3, -0.25) is 9.36 Å². The Labute approximate surface area is 188 Å². The van der Waals surface area contributed by atoms with Gasteiger partial charge in [0.25, 0.3) is 5.56 Å². The van der Waals surface area contributed by atoms with Crippen LogP contribution >= 0.6 is 11.3 Å². The summed E-state index contributed by atoms with van der Waals surface area (Å²) >= 11 is 1.26. The lowest BCUT2D eigenvalue weighted by molar-refractivity contribution is -0.139. The van der Waals surface area contributed by atoms with Crippen LogP contribution in [0.25, 0.3) is 6.08 Å². The summed E-state index contributed by atoms with van der Waals surface area (Å²) in [5, 5.41) is 0. The maximum absolute atomic E-state index is 13.4. The maximum atomic E-state index is 13.4. The van der Waals surface area contributed by atoms with Gasteiger partial charge >= 0.3 is 5.97 Å². The van der Waals surface area contributed by atoms with Gasteiger partial charge in [-0.1, -0.05) is 36.1 Å². The second kappa shape index (κ2) is 9.23. The molecule has 0 saturated heterocycles. The molecule has 1 aliphatic rings.